The summed E-state index contributed by atoms with van der Waals surface area (Å²) in [5.41, 5.74) is 0. The van der Waals surface area contributed by atoms with Crippen LogP contribution in [0.1, 0.15) is 45.4 Å². The lowest BCUT2D eigenvalue weighted by Crippen LogP contribution is -2.63. The standard InChI is InChI=1S/C13H19F6NO2S/c1-11(14,15)12(16,17)13(18,19)23(21,22)20-8-4-6-9-5-2-3-7-10(9)20/h9-10H,2-8H2,1H3. The van der Waals surface area contributed by atoms with Crippen LogP contribution in [0.15, 0.2) is 0 Å². The van der Waals surface area contributed by atoms with Gasteiger partial charge in [0, 0.05) is 19.5 Å². The van der Waals surface area contributed by atoms with E-state index in [9.17, 15) is 34.8 Å². The Balaban J connectivity index is 2.40. The van der Waals surface area contributed by atoms with E-state index in [-0.39, 0.29) is 25.3 Å². The van der Waals surface area contributed by atoms with E-state index in [0.29, 0.717) is 23.6 Å². The first-order chi connectivity index (χ1) is 10.3. The van der Waals surface area contributed by atoms with Crippen molar-refractivity contribution in [1.29, 1.82) is 0 Å². The zero-order valence-electron chi connectivity index (χ0n) is 12.5. The Labute approximate surface area is 131 Å². The van der Waals surface area contributed by atoms with E-state index in [2.05, 4.69) is 0 Å². The van der Waals surface area contributed by atoms with Crippen molar-refractivity contribution in [3.63, 3.8) is 0 Å². The highest BCUT2D eigenvalue weighted by atomic mass is 32.2. The van der Waals surface area contributed by atoms with Gasteiger partial charge in [0.25, 0.3) is 10.0 Å². The molecule has 0 amide bonds. The third-order valence-corrected chi connectivity index (χ3v) is 6.72. The number of hydrogen-bond donors (Lipinski definition) is 0. The van der Waals surface area contributed by atoms with Gasteiger partial charge in [-0.3, -0.25) is 0 Å². The monoisotopic (exact) mass is 367 g/mol. The minimum atomic E-state index is -5.99. The van der Waals surface area contributed by atoms with E-state index < -0.39 is 40.1 Å². The number of halogens is 6. The normalized spacial score (nSPS) is 28.5. The molecule has 1 saturated heterocycles. The molecule has 2 atom stereocenters. The predicted octanol–water partition coefficient (Wildman–Crippen LogP) is 3.85. The molecule has 1 saturated carbocycles. The van der Waals surface area contributed by atoms with Gasteiger partial charge in [0.1, 0.15) is 0 Å². The average Bonchev–Trinajstić information content (AvgIpc) is 2.45. The lowest BCUT2D eigenvalue weighted by atomic mass is 9.79. The summed E-state index contributed by atoms with van der Waals surface area (Å²) in [6.45, 7) is -0.750. The number of piperidine rings is 1. The number of fused-ring (bicyclic) bond motifs is 1. The maximum absolute atomic E-state index is 14.0. The van der Waals surface area contributed by atoms with Crippen LogP contribution < -0.4 is 0 Å². The molecule has 10 heteroatoms. The summed E-state index contributed by atoms with van der Waals surface area (Å²) in [6.07, 6.45) is 3.21. The summed E-state index contributed by atoms with van der Waals surface area (Å²) in [5.74, 6) is -11.3. The van der Waals surface area contributed by atoms with Crippen molar-refractivity contribution in [1.82, 2.24) is 4.31 Å². The minimum absolute atomic E-state index is 0.182. The molecule has 2 rings (SSSR count). The van der Waals surface area contributed by atoms with E-state index in [1.807, 2.05) is 0 Å². The van der Waals surface area contributed by atoms with E-state index in [1.54, 1.807) is 0 Å². The molecule has 3 nitrogen and oxygen atoms in total. The third kappa shape index (κ3) is 2.85. The third-order valence-electron chi connectivity index (χ3n) is 4.74. The molecular weight excluding hydrogens is 348 g/mol. The number of nitrogens with zero attached hydrogens (tertiary/aromatic N) is 1. The summed E-state index contributed by atoms with van der Waals surface area (Å²) in [4.78, 5) is 0. The van der Waals surface area contributed by atoms with Crippen LogP contribution in [0.5, 0.6) is 0 Å². The molecule has 0 spiro atoms. The first-order valence-corrected chi connectivity index (χ1v) is 8.93. The Bertz CT molecular complexity index is 543. The van der Waals surface area contributed by atoms with Crippen molar-refractivity contribution in [3.05, 3.63) is 0 Å². The van der Waals surface area contributed by atoms with Gasteiger partial charge in [0.2, 0.25) is 0 Å². The Kier molecular flexibility index (Phi) is 4.73. The topological polar surface area (TPSA) is 37.4 Å². The second-order valence-electron chi connectivity index (χ2n) is 6.35. The van der Waals surface area contributed by atoms with Crippen LogP contribution in [0.2, 0.25) is 0 Å². The quantitative estimate of drug-likeness (QED) is 0.708. The van der Waals surface area contributed by atoms with Crippen LogP contribution in [0.3, 0.4) is 0 Å². The molecular formula is C13H19F6NO2S. The number of sulfonamides is 1. The molecule has 0 bridgehead atoms. The van der Waals surface area contributed by atoms with Gasteiger partial charge in [-0.1, -0.05) is 12.8 Å². The molecule has 1 aliphatic heterocycles. The first kappa shape index (κ1) is 18.8. The molecule has 0 aromatic rings. The molecule has 0 aromatic carbocycles. The largest absolute Gasteiger partial charge is 0.427 e. The van der Waals surface area contributed by atoms with Gasteiger partial charge < -0.3 is 0 Å². The molecule has 23 heavy (non-hydrogen) atoms. The van der Waals surface area contributed by atoms with Gasteiger partial charge in [0.05, 0.1) is 0 Å². The van der Waals surface area contributed by atoms with Gasteiger partial charge >= 0.3 is 17.1 Å². The molecule has 0 N–H and O–H groups in total. The molecule has 1 aliphatic carbocycles. The highest BCUT2D eigenvalue weighted by Gasteiger charge is 2.76. The number of alkyl halides is 6. The van der Waals surface area contributed by atoms with Gasteiger partial charge in [-0.25, -0.2) is 8.42 Å². The highest BCUT2D eigenvalue weighted by molar-refractivity contribution is 7.90. The van der Waals surface area contributed by atoms with Crippen LogP contribution in [0, 0.1) is 5.92 Å². The summed E-state index contributed by atoms with van der Waals surface area (Å²) >= 11 is 0. The van der Waals surface area contributed by atoms with Crippen LogP contribution in [0.4, 0.5) is 26.3 Å². The van der Waals surface area contributed by atoms with Crippen LogP contribution >= 0.6 is 0 Å². The summed E-state index contributed by atoms with van der Waals surface area (Å²) in [5, 5.41) is -5.86. The van der Waals surface area contributed by atoms with E-state index in [4.69, 9.17) is 0 Å². The Hall–Kier alpha value is -0.510. The maximum atomic E-state index is 14.0. The van der Waals surface area contributed by atoms with Crippen molar-refractivity contribution < 1.29 is 34.8 Å². The fourth-order valence-electron chi connectivity index (χ4n) is 3.44. The predicted molar refractivity (Wildman–Crippen MR) is 71.1 cm³/mol. The summed E-state index contributed by atoms with van der Waals surface area (Å²) < 4.78 is 105. The Morgan fingerprint density at radius 3 is 2.00 bits per heavy atom. The van der Waals surface area contributed by atoms with E-state index in [0.717, 1.165) is 6.42 Å². The smallest absolute Gasteiger partial charge is 0.206 e. The summed E-state index contributed by atoms with van der Waals surface area (Å²) in [7, 11) is -5.90. The molecule has 0 radical (unpaired) electrons. The Morgan fingerprint density at radius 2 is 1.43 bits per heavy atom. The zero-order chi connectivity index (χ0) is 17.7. The minimum Gasteiger partial charge on any atom is -0.206 e. The number of rotatable bonds is 4. The fraction of sp³-hybridized carbons (Fsp3) is 1.00. The van der Waals surface area contributed by atoms with Crippen molar-refractivity contribution in [2.24, 2.45) is 5.92 Å². The zero-order valence-corrected chi connectivity index (χ0v) is 13.4. The van der Waals surface area contributed by atoms with Crippen LogP contribution in [0.25, 0.3) is 0 Å². The van der Waals surface area contributed by atoms with Crippen LogP contribution in [-0.4, -0.2) is 42.4 Å². The fourth-order valence-corrected chi connectivity index (χ4v) is 5.24. The second-order valence-corrected chi connectivity index (χ2v) is 8.28. The summed E-state index contributed by atoms with van der Waals surface area (Å²) in [6, 6.07) is -0.811. The average molecular weight is 367 g/mol. The highest BCUT2D eigenvalue weighted by Crippen LogP contribution is 2.50. The van der Waals surface area contributed by atoms with Crippen LogP contribution in [-0.2, 0) is 10.0 Å². The lowest BCUT2D eigenvalue weighted by Gasteiger charge is -2.45. The molecule has 1 heterocycles. The van der Waals surface area contributed by atoms with E-state index >= 15 is 0 Å². The van der Waals surface area contributed by atoms with Crippen molar-refractivity contribution in [3.8, 4) is 0 Å². The molecule has 2 aliphatic rings. The van der Waals surface area contributed by atoms with Crippen molar-refractivity contribution in [2.75, 3.05) is 6.54 Å². The van der Waals surface area contributed by atoms with E-state index in [1.165, 1.54) is 0 Å². The van der Waals surface area contributed by atoms with Gasteiger partial charge in [-0.15, -0.1) is 0 Å². The molecule has 0 aromatic heterocycles. The van der Waals surface area contributed by atoms with Crippen molar-refractivity contribution in [2.45, 2.75) is 68.6 Å². The van der Waals surface area contributed by atoms with Gasteiger partial charge in [-0.05, 0) is 31.6 Å². The van der Waals surface area contributed by atoms with Gasteiger partial charge in [-0.2, -0.15) is 30.6 Å². The van der Waals surface area contributed by atoms with Gasteiger partial charge in [0.15, 0.2) is 0 Å². The maximum Gasteiger partial charge on any atom is 0.427 e. The molecule has 136 valence electrons. The lowest BCUT2D eigenvalue weighted by molar-refractivity contribution is -0.272. The SMILES string of the molecule is CC(F)(F)C(F)(F)C(F)(F)S(=O)(=O)N1CCCC2CCCCC21. The number of hydrogen-bond acceptors (Lipinski definition) is 2. The first-order valence-electron chi connectivity index (χ1n) is 7.49. The van der Waals surface area contributed by atoms with Crippen molar-refractivity contribution >= 4 is 10.0 Å². The second kappa shape index (κ2) is 5.79. The molecule has 2 fully saturated rings. The Morgan fingerprint density at radius 1 is 0.913 bits per heavy atom. The molecule has 2 unspecified atom stereocenters.